The Morgan fingerprint density at radius 2 is 1.87 bits per heavy atom. The molecule has 1 saturated heterocycles. The number of carbonyl (C=O) groups is 4. The van der Waals surface area contributed by atoms with Gasteiger partial charge in [-0.25, -0.2) is 9.69 Å². The molecule has 0 unspecified atom stereocenters. The Morgan fingerprint density at radius 3 is 2.57 bits per heavy atom. The lowest BCUT2D eigenvalue weighted by molar-refractivity contribution is -0.384. The number of hydrogen-bond acceptors (Lipinski definition) is 8. The highest BCUT2D eigenvalue weighted by molar-refractivity contribution is 6.39. The van der Waals surface area contributed by atoms with Crippen molar-refractivity contribution in [1.29, 1.82) is 0 Å². The highest BCUT2D eigenvalue weighted by Gasteiger charge is 2.37. The molecule has 3 rings (SSSR count). The minimum absolute atomic E-state index is 0.0635. The van der Waals surface area contributed by atoms with Crippen molar-refractivity contribution in [3.8, 4) is 5.75 Å². The van der Waals surface area contributed by atoms with E-state index < -0.39 is 40.9 Å². The summed E-state index contributed by atoms with van der Waals surface area (Å²) in [7, 11) is 0. The van der Waals surface area contributed by atoms with Gasteiger partial charge in [0.25, 0.3) is 17.5 Å². The minimum Gasteiger partial charge on any atom is -0.546 e. The molecule has 30 heavy (non-hydrogen) atoms. The third kappa shape index (κ3) is 4.14. The lowest BCUT2D eigenvalue weighted by atomic mass is 10.1. The smallest absolute Gasteiger partial charge is 0.335 e. The van der Waals surface area contributed by atoms with Crippen molar-refractivity contribution in [2.45, 2.75) is 0 Å². The molecule has 1 N–H and O–H groups in total. The lowest BCUT2D eigenvalue weighted by Gasteiger charge is -2.26. The zero-order valence-electron chi connectivity index (χ0n) is 15.1. The highest BCUT2D eigenvalue weighted by Crippen LogP contribution is 2.27. The summed E-state index contributed by atoms with van der Waals surface area (Å²) in [5.74, 6) is -3.40. The largest absolute Gasteiger partial charge is 0.546 e. The molecule has 1 heterocycles. The normalized spacial score (nSPS) is 15.1. The number of urea groups is 1. The van der Waals surface area contributed by atoms with Crippen LogP contribution in [0.3, 0.4) is 0 Å². The highest BCUT2D eigenvalue weighted by atomic mass is 16.6. The van der Waals surface area contributed by atoms with Gasteiger partial charge in [-0.15, -0.1) is 0 Å². The van der Waals surface area contributed by atoms with Gasteiger partial charge in [0.2, 0.25) is 0 Å². The number of benzene rings is 2. The van der Waals surface area contributed by atoms with Gasteiger partial charge < -0.3 is 14.6 Å². The summed E-state index contributed by atoms with van der Waals surface area (Å²) in [4.78, 5) is 58.8. The van der Waals surface area contributed by atoms with Gasteiger partial charge >= 0.3 is 6.03 Å². The number of nitro groups is 1. The number of hydrogen-bond donors (Lipinski definition) is 1. The molecule has 0 radical (unpaired) electrons. The number of barbiturate groups is 1. The van der Waals surface area contributed by atoms with E-state index in [1.54, 1.807) is 12.1 Å². The molecule has 0 saturated carbocycles. The van der Waals surface area contributed by atoms with E-state index in [2.05, 4.69) is 0 Å². The molecular formula is C19H12N3O8-. The maximum Gasteiger partial charge on any atom is 0.335 e. The molecular weight excluding hydrogens is 398 g/mol. The average Bonchev–Trinajstić information content (AvgIpc) is 2.70. The van der Waals surface area contributed by atoms with Gasteiger partial charge in [0.05, 0.1) is 16.6 Å². The second kappa shape index (κ2) is 8.22. The van der Waals surface area contributed by atoms with Crippen molar-refractivity contribution in [3.63, 3.8) is 0 Å². The average molecular weight is 410 g/mol. The first-order valence-electron chi connectivity index (χ1n) is 8.35. The van der Waals surface area contributed by atoms with Gasteiger partial charge in [0, 0.05) is 17.7 Å². The van der Waals surface area contributed by atoms with Gasteiger partial charge in [0.1, 0.15) is 17.9 Å². The lowest BCUT2D eigenvalue weighted by Crippen LogP contribution is -2.54. The summed E-state index contributed by atoms with van der Waals surface area (Å²) < 4.78 is 5.08. The van der Waals surface area contributed by atoms with E-state index in [0.29, 0.717) is 4.90 Å². The molecule has 4 amide bonds. The number of aliphatic carboxylic acids is 1. The van der Waals surface area contributed by atoms with Crippen molar-refractivity contribution in [2.24, 2.45) is 0 Å². The first-order chi connectivity index (χ1) is 14.3. The number of non-ortho nitro benzene ring substituents is 1. The van der Waals surface area contributed by atoms with Crippen molar-refractivity contribution in [3.05, 3.63) is 69.8 Å². The number of ether oxygens (including phenoxy) is 1. The zero-order valence-corrected chi connectivity index (χ0v) is 15.1. The van der Waals surface area contributed by atoms with E-state index in [4.69, 9.17) is 4.74 Å². The molecule has 0 bridgehead atoms. The number of rotatable bonds is 6. The number of nitrogens with one attached hydrogen (secondary N) is 1. The standard InChI is InChI=1S/C19H13N3O8/c23-16(24)10-30-15-7-2-1-4-11(15)8-14-17(25)20-19(27)21(18(14)26)12-5-3-6-13(9-12)22(28)29/h1-9H,10H2,(H,23,24)(H,20,25,27)/p-1/b14-8+. The third-order valence-corrected chi connectivity index (χ3v) is 3.96. The van der Waals surface area contributed by atoms with Gasteiger partial charge in [-0.3, -0.25) is 25.0 Å². The molecule has 0 aromatic heterocycles. The van der Waals surface area contributed by atoms with E-state index in [1.165, 1.54) is 30.3 Å². The topological polar surface area (TPSA) is 159 Å². The molecule has 2 aromatic rings. The van der Waals surface area contributed by atoms with Crippen LogP contribution in [-0.4, -0.2) is 35.3 Å². The second-order valence-electron chi connectivity index (χ2n) is 5.93. The molecule has 0 aliphatic carbocycles. The summed E-state index contributed by atoms with van der Waals surface area (Å²) in [6, 6.07) is 9.72. The van der Waals surface area contributed by atoms with Gasteiger partial charge in [0.15, 0.2) is 0 Å². The fourth-order valence-electron chi connectivity index (χ4n) is 2.66. The molecule has 1 aliphatic rings. The number of carboxylic acid groups (broad SMARTS) is 1. The molecule has 152 valence electrons. The molecule has 1 aliphatic heterocycles. The van der Waals surface area contributed by atoms with Crippen LogP contribution in [0.2, 0.25) is 0 Å². The Hall–Kier alpha value is -4.54. The quantitative estimate of drug-likeness (QED) is 0.310. The Bertz CT molecular complexity index is 1110. The fourth-order valence-corrected chi connectivity index (χ4v) is 2.66. The van der Waals surface area contributed by atoms with Crippen LogP contribution < -0.4 is 20.1 Å². The second-order valence-corrected chi connectivity index (χ2v) is 5.93. The summed E-state index contributed by atoms with van der Waals surface area (Å²) in [6.07, 6.45) is 1.12. The van der Waals surface area contributed by atoms with Crippen molar-refractivity contribution in [2.75, 3.05) is 11.5 Å². The molecule has 2 aromatic carbocycles. The Kier molecular flexibility index (Phi) is 5.54. The molecule has 11 nitrogen and oxygen atoms in total. The molecule has 1 fully saturated rings. The number of nitrogens with zero attached hydrogens (tertiary/aromatic N) is 2. The number of imide groups is 2. The van der Waals surface area contributed by atoms with Crippen molar-refractivity contribution in [1.82, 2.24) is 5.32 Å². The van der Waals surface area contributed by atoms with Crippen molar-refractivity contribution < 1.29 is 33.9 Å². The van der Waals surface area contributed by atoms with Crippen LogP contribution in [-0.2, 0) is 14.4 Å². The number of anilines is 1. The van der Waals surface area contributed by atoms with Gasteiger partial charge in [-0.1, -0.05) is 24.3 Å². The van der Waals surface area contributed by atoms with E-state index >= 15 is 0 Å². The fraction of sp³-hybridized carbons (Fsp3) is 0.0526. The Morgan fingerprint density at radius 1 is 1.13 bits per heavy atom. The van der Waals surface area contributed by atoms with Crippen LogP contribution in [0.5, 0.6) is 5.75 Å². The van der Waals surface area contributed by atoms with E-state index in [-0.39, 0.29) is 22.7 Å². The Labute approximate surface area is 168 Å². The van der Waals surface area contributed by atoms with Crippen LogP contribution in [0.1, 0.15) is 5.56 Å². The van der Waals surface area contributed by atoms with Gasteiger partial charge in [-0.2, -0.15) is 0 Å². The van der Waals surface area contributed by atoms with Crippen molar-refractivity contribution >= 4 is 41.3 Å². The maximum absolute atomic E-state index is 12.9. The number of amides is 4. The van der Waals surface area contributed by atoms with E-state index in [1.807, 2.05) is 5.32 Å². The first kappa shape index (κ1) is 20.2. The predicted octanol–water partition coefficient (Wildman–Crippen LogP) is 0.390. The van der Waals surface area contributed by atoms with Crippen LogP contribution in [0, 0.1) is 10.1 Å². The zero-order chi connectivity index (χ0) is 21.8. The number of para-hydroxylation sites is 1. The number of carbonyl (C=O) groups excluding carboxylic acids is 4. The van der Waals surface area contributed by atoms with Crippen LogP contribution in [0.4, 0.5) is 16.2 Å². The first-order valence-corrected chi connectivity index (χ1v) is 8.35. The predicted molar refractivity (Wildman–Crippen MR) is 99.0 cm³/mol. The summed E-state index contributed by atoms with van der Waals surface area (Å²) >= 11 is 0. The van der Waals surface area contributed by atoms with E-state index in [9.17, 15) is 34.4 Å². The summed E-state index contributed by atoms with van der Waals surface area (Å²) in [6.45, 7) is -0.751. The summed E-state index contributed by atoms with van der Waals surface area (Å²) in [5, 5.41) is 23.6. The Balaban J connectivity index is 2.00. The molecule has 0 atom stereocenters. The summed E-state index contributed by atoms with van der Waals surface area (Å²) in [5.41, 5.74) is -0.709. The van der Waals surface area contributed by atoms with E-state index in [0.717, 1.165) is 12.1 Å². The van der Waals surface area contributed by atoms with Crippen LogP contribution >= 0.6 is 0 Å². The SMILES string of the molecule is O=C([O-])COc1ccccc1/C=C1\C(=O)NC(=O)N(c2cccc([N+](=O)[O-])c2)C1=O. The number of nitro benzene ring substituents is 1. The van der Waals surface area contributed by atoms with Crippen LogP contribution in [0.25, 0.3) is 6.08 Å². The van der Waals surface area contributed by atoms with Crippen LogP contribution in [0.15, 0.2) is 54.1 Å². The molecule has 0 spiro atoms. The number of carboxylic acids is 1. The molecule has 11 heteroatoms. The third-order valence-electron chi connectivity index (χ3n) is 3.96. The van der Waals surface area contributed by atoms with Gasteiger partial charge in [-0.05, 0) is 18.2 Å². The maximum atomic E-state index is 12.9. The minimum atomic E-state index is -1.47. The monoisotopic (exact) mass is 410 g/mol.